The first-order chi connectivity index (χ1) is 4.20. The van der Waals surface area contributed by atoms with Crippen molar-refractivity contribution in [3.05, 3.63) is 22.2 Å². The Morgan fingerprint density at radius 1 is 1.67 bits per heavy atom. The summed E-state index contributed by atoms with van der Waals surface area (Å²) in [6.07, 6.45) is 5.09. The number of allylic oxidation sites excluding steroid dienone is 3. The highest BCUT2D eigenvalue weighted by atomic mass is 35.5. The van der Waals surface area contributed by atoms with Gasteiger partial charge in [0, 0.05) is 0 Å². The maximum Gasteiger partial charge on any atom is 0.110 e. The van der Waals surface area contributed by atoms with Crippen molar-refractivity contribution >= 4 is 23.2 Å². The topological polar surface area (TPSA) is 0 Å². The van der Waals surface area contributed by atoms with E-state index in [2.05, 4.69) is 13.0 Å². The van der Waals surface area contributed by atoms with Crippen LogP contribution in [0.4, 0.5) is 0 Å². The van der Waals surface area contributed by atoms with E-state index in [-0.39, 0.29) is 0 Å². The van der Waals surface area contributed by atoms with Crippen LogP contribution in [0.3, 0.4) is 0 Å². The molecule has 0 aromatic rings. The Bertz CT molecular complexity index is 164. The zero-order valence-corrected chi connectivity index (χ0v) is 6.71. The Kier molecular flexibility index (Phi) is 2.20. The van der Waals surface area contributed by atoms with E-state index in [1.807, 2.05) is 6.08 Å². The van der Waals surface area contributed by atoms with Crippen LogP contribution in [-0.2, 0) is 0 Å². The molecule has 0 aromatic heterocycles. The molecule has 0 saturated carbocycles. The third-order valence-electron chi connectivity index (χ3n) is 1.41. The van der Waals surface area contributed by atoms with Gasteiger partial charge in [0.05, 0.1) is 0 Å². The second-order valence-electron chi connectivity index (χ2n) is 2.33. The summed E-state index contributed by atoms with van der Waals surface area (Å²) in [6.45, 7) is 2.14. The van der Waals surface area contributed by atoms with Gasteiger partial charge < -0.3 is 0 Å². The molecule has 50 valence electrons. The zero-order chi connectivity index (χ0) is 6.85. The summed E-state index contributed by atoms with van der Waals surface area (Å²) in [5.41, 5.74) is 1.06. The molecule has 0 aliphatic heterocycles. The summed E-state index contributed by atoms with van der Waals surface area (Å²) in [5, 5.41) is 0. The molecule has 0 aromatic carbocycles. The zero-order valence-electron chi connectivity index (χ0n) is 5.20. The Morgan fingerprint density at radius 3 is 2.56 bits per heavy atom. The first-order valence-corrected chi connectivity index (χ1v) is 3.68. The van der Waals surface area contributed by atoms with Crippen molar-refractivity contribution in [3.8, 4) is 0 Å². The molecule has 0 heterocycles. The maximum atomic E-state index is 5.54. The fourth-order valence-electron chi connectivity index (χ4n) is 0.904. The lowest BCUT2D eigenvalue weighted by Crippen LogP contribution is -1.81. The average Bonchev–Trinajstić information content (AvgIpc) is 2.14. The van der Waals surface area contributed by atoms with Crippen molar-refractivity contribution in [2.75, 3.05) is 0 Å². The summed E-state index contributed by atoms with van der Waals surface area (Å²) in [5.74, 6) is 0.604. The third kappa shape index (κ3) is 1.74. The molecule has 0 N–H and O–H groups in total. The molecule has 1 aliphatic rings. The smallest absolute Gasteiger partial charge is 0.0810 e. The molecule has 0 spiro atoms. The highest BCUT2D eigenvalue weighted by molar-refractivity contribution is 6.56. The second-order valence-corrected chi connectivity index (χ2v) is 3.28. The van der Waals surface area contributed by atoms with Gasteiger partial charge in [0.25, 0.3) is 0 Å². The molecule has 0 bridgehead atoms. The molecule has 1 atom stereocenters. The fourth-order valence-corrected chi connectivity index (χ4v) is 1.18. The van der Waals surface area contributed by atoms with Crippen LogP contribution >= 0.6 is 23.2 Å². The van der Waals surface area contributed by atoms with Crippen molar-refractivity contribution in [1.29, 1.82) is 0 Å². The molecule has 0 saturated heterocycles. The second kappa shape index (κ2) is 2.76. The maximum absolute atomic E-state index is 5.54. The standard InChI is InChI=1S/C7H8Cl2/c1-5-2-3-6(4-5)7(8)9/h2-3,5H,4H2,1H3/t5-/m0/s1. The SMILES string of the molecule is C[C@H]1C=CC(=C(Cl)Cl)C1. The molecular formula is C7H8Cl2. The monoisotopic (exact) mass is 162 g/mol. The number of rotatable bonds is 0. The van der Waals surface area contributed by atoms with Gasteiger partial charge >= 0.3 is 0 Å². The van der Waals surface area contributed by atoms with E-state index in [4.69, 9.17) is 23.2 Å². The van der Waals surface area contributed by atoms with Crippen molar-refractivity contribution in [1.82, 2.24) is 0 Å². The lowest BCUT2D eigenvalue weighted by molar-refractivity contribution is 0.758. The first kappa shape index (κ1) is 7.17. The predicted molar refractivity (Wildman–Crippen MR) is 41.7 cm³/mol. The van der Waals surface area contributed by atoms with Gasteiger partial charge in [0.15, 0.2) is 0 Å². The molecule has 2 heteroatoms. The van der Waals surface area contributed by atoms with Crippen LogP contribution in [0.2, 0.25) is 0 Å². The minimum Gasteiger partial charge on any atom is -0.0810 e. The largest absolute Gasteiger partial charge is 0.110 e. The quantitative estimate of drug-likeness (QED) is 0.514. The third-order valence-corrected chi connectivity index (χ3v) is 1.90. The number of hydrogen-bond acceptors (Lipinski definition) is 0. The van der Waals surface area contributed by atoms with Crippen LogP contribution in [0.25, 0.3) is 0 Å². The van der Waals surface area contributed by atoms with E-state index in [9.17, 15) is 0 Å². The van der Waals surface area contributed by atoms with Crippen molar-refractivity contribution in [2.24, 2.45) is 5.92 Å². The van der Waals surface area contributed by atoms with Crippen LogP contribution in [0.1, 0.15) is 13.3 Å². The Morgan fingerprint density at radius 2 is 2.33 bits per heavy atom. The molecule has 0 radical (unpaired) electrons. The molecule has 0 nitrogen and oxygen atoms in total. The number of halogens is 2. The number of hydrogen-bond donors (Lipinski definition) is 0. The van der Waals surface area contributed by atoms with Gasteiger partial charge in [-0.15, -0.1) is 0 Å². The van der Waals surface area contributed by atoms with E-state index in [0.29, 0.717) is 10.4 Å². The lowest BCUT2D eigenvalue weighted by atomic mass is 10.1. The molecule has 0 unspecified atom stereocenters. The van der Waals surface area contributed by atoms with Crippen molar-refractivity contribution < 1.29 is 0 Å². The lowest BCUT2D eigenvalue weighted by Gasteiger charge is -1.95. The molecular weight excluding hydrogens is 155 g/mol. The van der Waals surface area contributed by atoms with Gasteiger partial charge in [0.2, 0.25) is 0 Å². The van der Waals surface area contributed by atoms with Gasteiger partial charge in [-0.1, -0.05) is 42.3 Å². The van der Waals surface area contributed by atoms with Crippen LogP contribution in [-0.4, -0.2) is 0 Å². The van der Waals surface area contributed by atoms with E-state index < -0.39 is 0 Å². The normalized spacial score (nSPS) is 25.2. The van der Waals surface area contributed by atoms with Gasteiger partial charge in [-0.25, -0.2) is 0 Å². The molecule has 0 fully saturated rings. The summed E-state index contributed by atoms with van der Waals surface area (Å²) in [4.78, 5) is 0. The van der Waals surface area contributed by atoms with Gasteiger partial charge in [0.1, 0.15) is 4.49 Å². The summed E-state index contributed by atoms with van der Waals surface area (Å²) in [7, 11) is 0. The van der Waals surface area contributed by atoms with Crippen molar-refractivity contribution in [2.45, 2.75) is 13.3 Å². The first-order valence-electron chi connectivity index (χ1n) is 2.92. The summed E-state index contributed by atoms with van der Waals surface area (Å²) >= 11 is 11.1. The van der Waals surface area contributed by atoms with E-state index in [1.165, 1.54) is 0 Å². The highest BCUT2D eigenvalue weighted by Gasteiger charge is 2.09. The molecule has 9 heavy (non-hydrogen) atoms. The minimum atomic E-state index is 0.413. The van der Waals surface area contributed by atoms with Gasteiger partial charge in [-0.3, -0.25) is 0 Å². The minimum absolute atomic E-state index is 0.413. The van der Waals surface area contributed by atoms with E-state index in [0.717, 1.165) is 12.0 Å². The summed E-state index contributed by atoms with van der Waals surface area (Å²) in [6, 6.07) is 0. The van der Waals surface area contributed by atoms with E-state index >= 15 is 0 Å². The highest BCUT2D eigenvalue weighted by Crippen LogP contribution is 2.28. The Balaban J connectivity index is 2.71. The Hall–Kier alpha value is 0.0600. The average molecular weight is 163 g/mol. The van der Waals surface area contributed by atoms with Crippen molar-refractivity contribution in [3.63, 3.8) is 0 Å². The fraction of sp³-hybridized carbons (Fsp3) is 0.429. The van der Waals surface area contributed by atoms with Crippen LogP contribution in [0.5, 0.6) is 0 Å². The molecule has 1 rings (SSSR count). The van der Waals surface area contributed by atoms with Gasteiger partial charge in [-0.05, 0) is 17.9 Å². The predicted octanol–water partition coefficient (Wildman–Crippen LogP) is 3.27. The van der Waals surface area contributed by atoms with Crippen LogP contribution < -0.4 is 0 Å². The van der Waals surface area contributed by atoms with Gasteiger partial charge in [-0.2, -0.15) is 0 Å². The Labute approximate surface area is 65.2 Å². The van der Waals surface area contributed by atoms with Crippen LogP contribution in [0.15, 0.2) is 22.2 Å². The molecule has 0 amide bonds. The molecule has 1 aliphatic carbocycles. The van der Waals surface area contributed by atoms with E-state index in [1.54, 1.807) is 0 Å². The van der Waals surface area contributed by atoms with Crippen LogP contribution in [0, 0.1) is 5.92 Å². The summed E-state index contributed by atoms with van der Waals surface area (Å²) < 4.78 is 0.413.